The standard InChI is InChI=1S/C15H17NO3/c1-19-15(18)13(16)6-7-14(17)12-8-10-4-2-3-5-11(10)9-12/h2-5,8,13H,6-7,9,16H2,1H3. The summed E-state index contributed by atoms with van der Waals surface area (Å²) < 4.78 is 4.53. The van der Waals surface area contributed by atoms with Crippen LogP contribution in [0, 0.1) is 0 Å². The van der Waals surface area contributed by atoms with Crippen LogP contribution in [0.3, 0.4) is 0 Å². The molecule has 0 saturated carbocycles. The number of benzene rings is 1. The second-order valence-corrected chi connectivity index (χ2v) is 4.64. The van der Waals surface area contributed by atoms with Gasteiger partial charge < -0.3 is 10.5 Å². The fourth-order valence-electron chi connectivity index (χ4n) is 2.18. The van der Waals surface area contributed by atoms with Gasteiger partial charge in [-0.3, -0.25) is 9.59 Å². The van der Waals surface area contributed by atoms with Gasteiger partial charge in [0.1, 0.15) is 6.04 Å². The van der Waals surface area contributed by atoms with Crippen LogP contribution in [0.15, 0.2) is 29.8 Å². The molecule has 0 aliphatic heterocycles. The number of hydrogen-bond acceptors (Lipinski definition) is 4. The Morgan fingerprint density at radius 3 is 2.79 bits per heavy atom. The van der Waals surface area contributed by atoms with E-state index in [0.29, 0.717) is 12.8 Å². The Morgan fingerprint density at radius 2 is 2.11 bits per heavy atom. The average molecular weight is 259 g/mol. The lowest BCUT2D eigenvalue weighted by molar-refractivity contribution is -0.142. The zero-order valence-electron chi connectivity index (χ0n) is 10.9. The van der Waals surface area contributed by atoms with Gasteiger partial charge in [-0.05, 0) is 23.6 Å². The molecule has 0 spiro atoms. The van der Waals surface area contributed by atoms with Crippen LogP contribution in [0.4, 0.5) is 0 Å². The third-order valence-corrected chi connectivity index (χ3v) is 3.31. The Bertz CT molecular complexity index is 534. The molecule has 2 N–H and O–H groups in total. The number of ketones is 1. The van der Waals surface area contributed by atoms with Crippen molar-refractivity contribution in [3.63, 3.8) is 0 Å². The van der Waals surface area contributed by atoms with Gasteiger partial charge in [-0.1, -0.05) is 24.3 Å². The minimum absolute atomic E-state index is 0.0514. The smallest absolute Gasteiger partial charge is 0.322 e. The van der Waals surface area contributed by atoms with Crippen molar-refractivity contribution >= 4 is 17.8 Å². The highest BCUT2D eigenvalue weighted by Crippen LogP contribution is 2.26. The van der Waals surface area contributed by atoms with Crippen LogP contribution in [0.1, 0.15) is 24.0 Å². The Kier molecular flexibility index (Phi) is 4.12. The van der Waals surface area contributed by atoms with Gasteiger partial charge in [0, 0.05) is 18.4 Å². The van der Waals surface area contributed by atoms with E-state index in [1.54, 1.807) is 0 Å². The molecular formula is C15H17NO3. The maximum absolute atomic E-state index is 12.1. The summed E-state index contributed by atoms with van der Waals surface area (Å²) in [4.78, 5) is 23.2. The molecule has 1 aromatic rings. The van der Waals surface area contributed by atoms with Crippen LogP contribution in [-0.2, 0) is 20.7 Å². The molecule has 0 heterocycles. The number of ether oxygens (including phenoxy) is 1. The number of hydrogen-bond donors (Lipinski definition) is 1. The summed E-state index contributed by atoms with van der Waals surface area (Å²) in [5.74, 6) is -0.424. The molecule has 2 rings (SSSR count). The summed E-state index contributed by atoms with van der Waals surface area (Å²) in [7, 11) is 1.29. The van der Waals surface area contributed by atoms with E-state index in [4.69, 9.17) is 5.73 Å². The van der Waals surface area contributed by atoms with Crippen LogP contribution in [0.5, 0.6) is 0 Å². The molecule has 1 aliphatic carbocycles. The fraction of sp³-hybridized carbons (Fsp3) is 0.333. The number of methoxy groups -OCH3 is 1. The van der Waals surface area contributed by atoms with E-state index < -0.39 is 12.0 Å². The summed E-state index contributed by atoms with van der Waals surface area (Å²) in [5.41, 5.74) is 8.67. The van der Waals surface area contributed by atoms with Crippen LogP contribution in [0.2, 0.25) is 0 Å². The maximum Gasteiger partial charge on any atom is 0.322 e. The zero-order chi connectivity index (χ0) is 13.8. The number of esters is 1. The van der Waals surface area contributed by atoms with E-state index in [1.807, 2.05) is 30.3 Å². The van der Waals surface area contributed by atoms with Crippen LogP contribution in [-0.4, -0.2) is 24.9 Å². The van der Waals surface area contributed by atoms with E-state index >= 15 is 0 Å². The quantitative estimate of drug-likeness (QED) is 0.813. The van der Waals surface area contributed by atoms with Crippen molar-refractivity contribution < 1.29 is 14.3 Å². The van der Waals surface area contributed by atoms with Crippen molar-refractivity contribution in [2.24, 2.45) is 5.73 Å². The number of rotatable bonds is 5. The van der Waals surface area contributed by atoms with Crippen molar-refractivity contribution in [3.8, 4) is 0 Å². The molecule has 1 aromatic carbocycles. The first-order valence-corrected chi connectivity index (χ1v) is 6.27. The highest BCUT2D eigenvalue weighted by Gasteiger charge is 2.20. The minimum Gasteiger partial charge on any atom is -0.468 e. The fourth-order valence-corrected chi connectivity index (χ4v) is 2.18. The van der Waals surface area contributed by atoms with Crippen LogP contribution >= 0.6 is 0 Å². The van der Waals surface area contributed by atoms with E-state index in [0.717, 1.165) is 11.1 Å². The number of carbonyl (C=O) groups is 2. The summed E-state index contributed by atoms with van der Waals surface area (Å²) >= 11 is 0. The van der Waals surface area contributed by atoms with Gasteiger partial charge in [0.25, 0.3) is 0 Å². The Hall–Kier alpha value is -1.94. The molecule has 100 valence electrons. The summed E-state index contributed by atoms with van der Waals surface area (Å²) in [6, 6.07) is 7.21. The summed E-state index contributed by atoms with van der Waals surface area (Å²) in [6.45, 7) is 0. The zero-order valence-corrected chi connectivity index (χ0v) is 10.9. The number of carbonyl (C=O) groups excluding carboxylic acids is 2. The average Bonchev–Trinajstić information content (AvgIpc) is 2.87. The van der Waals surface area contributed by atoms with Gasteiger partial charge in [-0.15, -0.1) is 0 Å². The third kappa shape index (κ3) is 3.09. The van der Waals surface area contributed by atoms with Crippen LogP contribution in [0.25, 0.3) is 6.08 Å². The molecule has 1 atom stereocenters. The molecule has 19 heavy (non-hydrogen) atoms. The SMILES string of the molecule is COC(=O)C(N)CCC(=O)C1=Cc2ccccc2C1. The number of nitrogens with two attached hydrogens (primary N) is 1. The van der Waals surface area contributed by atoms with Crippen molar-refractivity contribution in [1.29, 1.82) is 0 Å². The largest absolute Gasteiger partial charge is 0.468 e. The second-order valence-electron chi connectivity index (χ2n) is 4.64. The first-order chi connectivity index (χ1) is 9.11. The number of Topliss-reactive ketones (excluding diaryl/α,β-unsaturated/α-hetero) is 1. The van der Waals surface area contributed by atoms with Crippen molar-refractivity contribution in [3.05, 3.63) is 41.0 Å². The first kappa shape index (κ1) is 13.5. The molecule has 0 saturated heterocycles. The Morgan fingerprint density at radius 1 is 1.37 bits per heavy atom. The lowest BCUT2D eigenvalue weighted by Gasteiger charge is -2.08. The van der Waals surface area contributed by atoms with E-state index in [2.05, 4.69) is 4.74 Å². The lowest BCUT2D eigenvalue weighted by atomic mass is 10.0. The van der Waals surface area contributed by atoms with Gasteiger partial charge in [-0.2, -0.15) is 0 Å². The van der Waals surface area contributed by atoms with Gasteiger partial charge in [0.05, 0.1) is 7.11 Å². The van der Waals surface area contributed by atoms with Crippen molar-refractivity contribution in [2.75, 3.05) is 7.11 Å². The summed E-state index contributed by atoms with van der Waals surface area (Å²) in [5, 5.41) is 0. The van der Waals surface area contributed by atoms with Gasteiger partial charge >= 0.3 is 5.97 Å². The topological polar surface area (TPSA) is 69.4 Å². The van der Waals surface area contributed by atoms with Crippen LogP contribution < -0.4 is 5.73 Å². The molecule has 0 aromatic heterocycles. The normalized spacial score (nSPS) is 14.5. The van der Waals surface area contributed by atoms with Gasteiger partial charge in [-0.25, -0.2) is 0 Å². The summed E-state index contributed by atoms with van der Waals surface area (Å²) in [6.07, 6.45) is 3.18. The molecule has 1 aliphatic rings. The highest BCUT2D eigenvalue weighted by molar-refractivity contribution is 6.02. The monoisotopic (exact) mass is 259 g/mol. The van der Waals surface area contributed by atoms with Gasteiger partial charge in [0.2, 0.25) is 0 Å². The maximum atomic E-state index is 12.1. The molecule has 0 amide bonds. The molecule has 4 nitrogen and oxygen atoms in total. The third-order valence-electron chi connectivity index (χ3n) is 3.31. The molecular weight excluding hydrogens is 242 g/mol. The predicted octanol–water partition coefficient (Wildman–Crippen LogP) is 1.48. The molecule has 4 heteroatoms. The predicted molar refractivity (Wildman–Crippen MR) is 72.4 cm³/mol. The molecule has 0 bridgehead atoms. The molecule has 0 fully saturated rings. The van der Waals surface area contributed by atoms with E-state index in [1.165, 1.54) is 12.7 Å². The van der Waals surface area contributed by atoms with E-state index in [-0.39, 0.29) is 12.2 Å². The van der Waals surface area contributed by atoms with E-state index in [9.17, 15) is 9.59 Å². The second kappa shape index (κ2) is 5.80. The Labute approximate surface area is 112 Å². The van der Waals surface area contributed by atoms with Crippen molar-refractivity contribution in [1.82, 2.24) is 0 Å². The van der Waals surface area contributed by atoms with Gasteiger partial charge in [0.15, 0.2) is 5.78 Å². The Balaban J connectivity index is 1.91. The molecule has 0 radical (unpaired) electrons. The number of allylic oxidation sites excluding steroid dienone is 1. The molecule has 1 unspecified atom stereocenters. The lowest BCUT2D eigenvalue weighted by Crippen LogP contribution is -2.32. The minimum atomic E-state index is -0.724. The first-order valence-electron chi connectivity index (χ1n) is 6.27. The number of fused-ring (bicyclic) bond motifs is 1. The van der Waals surface area contributed by atoms with Crippen molar-refractivity contribution in [2.45, 2.75) is 25.3 Å². The highest BCUT2D eigenvalue weighted by atomic mass is 16.5.